The Kier molecular flexibility index (Phi) is 3.06. The molecule has 0 fully saturated rings. The number of hydrogen-bond donors (Lipinski definition) is 1. The summed E-state index contributed by atoms with van der Waals surface area (Å²) in [4.78, 5) is 25.3. The van der Waals surface area contributed by atoms with Gasteiger partial charge >= 0.3 is 5.97 Å². The van der Waals surface area contributed by atoms with Gasteiger partial charge < -0.3 is 9.72 Å². The summed E-state index contributed by atoms with van der Waals surface area (Å²) in [6.45, 7) is 3.72. The van der Waals surface area contributed by atoms with Crippen molar-refractivity contribution in [1.82, 2.24) is 4.98 Å². The molecule has 0 aromatic carbocycles. The van der Waals surface area contributed by atoms with Crippen molar-refractivity contribution >= 4 is 11.8 Å². The lowest BCUT2D eigenvalue weighted by molar-refractivity contribution is -0.139. The van der Waals surface area contributed by atoms with E-state index in [1.807, 2.05) is 13.8 Å². The zero-order valence-corrected chi connectivity index (χ0v) is 8.51. The molecule has 1 heterocycles. The molecule has 4 heteroatoms. The maximum atomic E-state index is 11.5. The third-order valence-electron chi connectivity index (χ3n) is 2.23. The summed E-state index contributed by atoms with van der Waals surface area (Å²) >= 11 is 0. The number of esters is 1. The molecule has 0 bridgehead atoms. The largest absolute Gasteiger partial charge is 0.469 e. The third kappa shape index (κ3) is 2.02. The van der Waals surface area contributed by atoms with Crippen LogP contribution in [-0.2, 0) is 9.53 Å². The van der Waals surface area contributed by atoms with Crippen LogP contribution in [0, 0.1) is 13.8 Å². The second-order valence-electron chi connectivity index (χ2n) is 3.13. The number of ketones is 1. The standard InChI is InChI=1S/C10H13NO3/c1-6-7(2)11-5-8(6)9(12)4-10(13)14-3/h5,11H,4H2,1-3H3. The number of aryl methyl sites for hydroxylation is 1. The Bertz CT molecular complexity index is 365. The summed E-state index contributed by atoms with van der Waals surface area (Å²) in [5, 5.41) is 0. The topological polar surface area (TPSA) is 59.2 Å². The summed E-state index contributed by atoms with van der Waals surface area (Å²) in [6.07, 6.45) is 1.42. The molecule has 4 nitrogen and oxygen atoms in total. The van der Waals surface area contributed by atoms with Crippen LogP contribution in [0.5, 0.6) is 0 Å². The van der Waals surface area contributed by atoms with E-state index in [0.717, 1.165) is 11.3 Å². The Hall–Kier alpha value is -1.58. The number of rotatable bonds is 3. The molecule has 1 N–H and O–H groups in total. The fraction of sp³-hybridized carbons (Fsp3) is 0.400. The summed E-state index contributed by atoms with van der Waals surface area (Å²) in [6, 6.07) is 0. The van der Waals surface area contributed by atoms with Crippen molar-refractivity contribution in [1.29, 1.82) is 0 Å². The Morgan fingerprint density at radius 1 is 1.43 bits per heavy atom. The number of aromatic amines is 1. The molecule has 0 spiro atoms. The predicted molar refractivity (Wildman–Crippen MR) is 51.2 cm³/mol. The minimum Gasteiger partial charge on any atom is -0.469 e. The van der Waals surface area contributed by atoms with Gasteiger partial charge in [-0.3, -0.25) is 9.59 Å². The second kappa shape index (κ2) is 4.09. The number of carbonyl (C=O) groups is 2. The fourth-order valence-corrected chi connectivity index (χ4v) is 1.19. The lowest BCUT2D eigenvalue weighted by Gasteiger charge is -1.98. The Morgan fingerprint density at radius 3 is 2.50 bits per heavy atom. The molecule has 0 aliphatic heterocycles. The van der Waals surface area contributed by atoms with Crippen LogP contribution in [-0.4, -0.2) is 23.8 Å². The van der Waals surface area contributed by atoms with Crippen molar-refractivity contribution < 1.29 is 14.3 Å². The first-order chi connectivity index (χ1) is 6.56. The van der Waals surface area contributed by atoms with Crippen LogP contribution in [0.25, 0.3) is 0 Å². The third-order valence-corrected chi connectivity index (χ3v) is 2.23. The number of Topliss-reactive ketones (excluding diaryl/α,β-unsaturated/α-hetero) is 1. The Balaban J connectivity index is 2.80. The van der Waals surface area contributed by atoms with Gasteiger partial charge in [-0.1, -0.05) is 0 Å². The highest BCUT2D eigenvalue weighted by Gasteiger charge is 2.15. The van der Waals surface area contributed by atoms with E-state index in [2.05, 4.69) is 9.72 Å². The number of aromatic nitrogens is 1. The number of methoxy groups -OCH3 is 1. The van der Waals surface area contributed by atoms with Crippen LogP contribution in [0.2, 0.25) is 0 Å². The molecule has 0 atom stereocenters. The second-order valence-corrected chi connectivity index (χ2v) is 3.13. The van der Waals surface area contributed by atoms with Gasteiger partial charge in [-0.15, -0.1) is 0 Å². The lowest BCUT2D eigenvalue weighted by atomic mass is 10.1. The number of carbonyl (C=O) groups excluding carboxylic acids is 2. The highest BCUT2D eigenvalue weighted by molar-refractivity contribution is 6.06. The minimum absolute atomic E-state index is 0.200. The van der Waals surface area contributed by atoms with Crippen molar-refractivity contribution in [3.8, 4) is 0 Å². The van der Waals surface area contributed by atoms with Crippen LogP contribution in [0.3, 0.4) is 0 Å². The molecule has 0 saturated carbocycles. The first-order valence-electron chi connectivity index (χ1n) is 4.31. The van der Waals surface area contributed by atoms with Crippen molar-refractivity contribution in [2.24, 2.45) is 0 Å². The molecule has 0 saturated heterocycles. The van der Waals surface area contributed by atoms with Crippen LogP contribution in [0.15, 0.2) is 6.20 Å². The SMILES string of the molecule is COC(=O)CC(=O)c1c[nH]c(C)c1C. The van der Waals surface area contributed by atoms with Gasteiger partial charge in [-0.25, -0.2) is 0 Å². The molecule has 0 aliphatic rings. The van der Waals surface area contributed by atoms with E-state index in [-0.39, 0.29) is 12.2 Å². The first-order valence-corrected chi connectivity index (χ1v) is 4.31. The quantitative estimate of drug-likeness (QED) is 0.450. The van der Waals surface area contributed by atoms with Crippen molar-refractivity contribution in [2.75, 3.05) is 7.11 Å². The number of nitrogens with one attached hydrogen (secondary N) is 1. The molecular formula is C10H13NO3. The van der Waals surface area contributed by atoms with E-state index in [9.17, 15) is 9.59 Å². The average molecular weight is 195 g/mol. The van der Waals surface area contributed by atoms with E-state index in [0.29, 0.717) is 5.56 Å². The highest BCUT2D eigenvalue weighted by atomic mass is 16.5. The summed E-state index contributed by atoms with van der Waals surface area (Å²) in [5.41, 5.74) is 2.39. The maximum absolute atomic E-state index is 11.5. The average Bonchev–Trinajstić information content (AvgIpc) is 2.47. The zero-order chi connectivity index (χ0) is 10.7. The Labute approximate surface area is 82.3 Å². The van der Waals surface area contributed by atoms with Gasteiger partial charge in [0.05, 0.1) is 7.11 Å². The minimum atomic E-state index is -0.506. The van der Waals surface area contributed by atoms with E-state index in [4.69, 9.17) is 0 Å². The predicted octanol–water partition coefficient (Wildman–Crippen LogP) is 1.38. The van der Waals surface area contributed by atoms with E-state index in [1.165, 1.54) is 7.11 Å². The zero-order valence-electron chi connectivity index (χ0n) is 8.51. The normalized spacial score (nSPS) is 9.93. The molecule has 0 unspecified atom stereocenters. The van der Waals surface area contributed by atoms with Gasteiger partial charge in [0.15, 0.2) is 5.78 Å². The van der Waals surface area contributed by atoms with Crippen LogP contribution < -0.4 is 0 Å². The summed E-state index contributed by atoms with van der Waals surface area (Å²) < 4.78 is 4.42. The molecule has 1 rings (SSSR count). The van der Waals surface area contributed by atoms with Crippen molar-refractivity contribution in [2.45, 2.75) is 20.3 Å². The number of H-pyrrole nitrogens is 1. The fourth-order valence-electron chi connectivity index (χ4n) is 1.19. The van der Waals surface area contributed by atoms with E-state index in [1.54, 1.807) is 6.20 Å². The molecule has 0 amide bonds. The van der Waals surface area contributed by atoms with Gasteiger partial charge in [0.25, 0.3) is 0 Å². The molecule has 0 aliphatic carbocycles. The highest BCUT2D eigenvalue weighted by Crippen LogP contribution is 2.13. The molecule has 14 heavy (non-hydrogen) atoms. The van der Waals surface area contributed by atoms with Gasteiger partial charge in [0.1, 0.15) is 6.42 Å². The smallest absolute Gasteiger partial charge is 0.313 e. The van der Waals surface area contributed by atoms with E-state index >= 15 is 0 Å². The molecular weight excluding hydrogens is 182 g/mol. The van der Waals surface area contributed by atoms with Crippen molar-refractivity contribution in [3.05, 3.63) is 23.0 Å². The van der Waals surface area contributed by atoms with Gasteiger partial charge in [-0.05, 0) is 19.4 Å². The number of hydrogen-bond acceptors (Lipinski definition) is 3. The molecule has 1 aromatic rings. The van der Waals surface area contributed by atoms with E-state index < -0.39 is 5.97 Å². The summed E-state index contributed by atoms with van der Waals surface area (Å²) in [5.74, 6) is -0.716. The Morgan fingerprint density at radius 2 is 2.07 bits per heavy atom. The number of ether oxygens (including phenoxy) is 1. The first kappa shape index (κ1) is 10.5. The summed E-state index contributed by atoms with van der Waals surface area (Å²) in [7, 11) is 1.27. The molecule has 76 valence electrons. The van der Waals surface area contributed by atoms with Crippen LogP contribution in [0.1, 0.15) is 28.0 Å². The van der Waals surface area contributed by atoms with Crippen LogP contribution in [0.4, 0.5) is 0 Å². The monoisotopic (exact) mass is 195 g/mol. The van der Waals surface area contributed by atoms with Gasteiger partial charge in [0.2, 0.25) is 0 Å². The van der Waals surface area contributed by atoms with Crippen LogP contribution >= 0.6 is 0 Å². The van der Waals surface area contributed by atoms with Gasteiger partial charge in [0, 0.05) is 17.5 Å². The molecule has 0 radical (unpaired) electrons. The molecule has 1 aromatic heterocycles. The maximum Gasteiger partial charge on any atom is 0.313 e. The van der Waals surface area contributed by atoms with Gasteiger partial charge in [-0.2, -0.15) is 0 Å². The lowest BCUT2D eigenvalue weighted by Crippen LogP contribution is -2.09. The van der Waals surface area contributed by atoms with Crippen molar-refractivity contribution in [3.63, 3.8) is 0 Å².